The Bertz CT molecular complexity index is 4260. The van der Waals surface area contributed by atoms with Gasteiger partial charge in [0.25, 0.3) is 0 Å². The molecule has 4 saturated heterocycles. The predicted octanol–water partition coefficient (Wildman–Crippen LogP) is 10.6. The van der Waals surface area contributed by atoms with Crippen LogP contribution in [0, 0.1) is 0 Å². The van der Waals surface area contributed by atoms with Crippen molar-refractivity contribution in [3.05, 3.63) is 112 Å². The minimum absolute atomic E-state index is 0.00509. The van der Waals surface area contributed by atoms with Crippen molar-refractivity contribution in [3.8, 4) is 11.5 Å². The van der Waals surface area contributed by atoms with Gasteiger partial charge in [0, 0.05) is 127 Å². The van der Waals surface area contributed by atoms with Crippen LogP contribution in [0.2, 0.25) is 15.3 Å². The zero-order valence-corrected chi connectivity index (χ0v) is 59.8. The summed E-state index contributed by atoms with van der Waals surface area (Å²) in [6.45, 7) is 16.2. The van der Waals surface area contributed by atoms with E-state index in [-0.39, 0.29) is 27.0 Å². The number of halogens is 3. The molecule has 0 spiro atoms. The summed E-state index contributed by atoms with van der Waals surface area (Å²) in [6, 6.07) is 16.6. The van der Waals surface area contributed by atoms with E-state index in [0.29, 0.717) is 68.6 Å². The van der Waals surface area contributed by atoms with E-state index in [1.54, 1.807) is 44.7 Å². The molecule has 4 aliphatic heterocycles. The van der Waals surface area contributed by atoms with Gasteiger partial charge in [-0.1, -0.05) is 49.9 Å². The number of nitrogens with zero attached hydrogens (tertiary/aromatic N) is 14. The summed E-state index contributed by atoms with van der Waals surface area (Å²) in [5.74, 6) is 2.29. The van der Waals surface area contributed by atoms with Crippen molar-refractivity contribution in [2.45, 2.75) is 77.3 Å². The molecule has 0 radical (unpaired) electrons. The number of piperidine rings is 2. The highest BCUT2D eigenvalue weighted by Crippen LogP contribution is 2.41. The summed E-state index contributed by atoms with van der Waals surface area (Å²) in [5, 5.41) is 10.0. The first kappa shape index (κ1) is 72.1. The second-order valence-electron chi connectivity index (χ2n) is 24.0. The molecule has 31 heteroatoms. The van der Waals surface area contributed by atoms with E-state index in [9.17, 15) is 16.8 Å². The van der Waals surface area contributed by atoms with Gasteiger partial charge in [-0.3, -0.25) is 38.3 Å². The van der Waals surface area contributed by atoms with Crippen LogP contribution < -0.4 is 49.6 Å². The molecule has 4 aromatic carbocycles. The van der Waals surface area contributed by atoms with Crippen LogP contribution in [0.15, 0.2) is 85.7 Å². The highest BCUT2D eigenvalue weighted by Gasteiger charge is 2.31. The fraction of sp³-hybridized carbons (Fsp3) is 0.455. The van der Waals surface area contributed by atoms with Crippen molar-refractivity contribution in [2.75, 3.05) is 160 Å². The zero-order chi connectivity index (χ0) is 69.0. The van der Waals surface area contributed by atoms with Crippen LogP contribution in [-0.4, -0.2) is 198 Å². The van der Waals surface area contributed by atoms with Crippen LogP contribution in [-0.2, 0) is 42.4 Å². The average molecular weight is 1430 g/mol. The molecule has 520 valence electrons. The molecule has 4 aromatic heterocycles. The number of nitrogen functional groups attached to an aromatic ring is 1. The van der Waals surface area contributed by atoms with Crippen molar-refractivity contribution >= 4 is 140 Å². The van der Waals surface area contributed by atoms with E-state index >= 15 is 0 Å². The molecule has 8 aromatic rings. The van der Waals surface area contributed by atoms with Gasteiger partial charge in [-0.25, -0.2) is 26.8 Å². The van der Waals surface area contributed by atoms with Gasteiger partial charge in [0.1, 0.15) is 44.0 Å². The van der Waals surface area contributed by atoms with Crippen molar-refractivity contribution < 1.29 is 35.8 Å². The number of aryl methyl sites for hydroxylation is 2. The van der Waals surface area contributed by atoms with Crippen LogP contribution in [0.1, 0.15) is 63.5 Å². The number of sulfonamides is 2. The largest absolute Gasteiger partial charge is 0.495 e. The number of nitrogens with one attached hydrogen (secondary N) is 3. The van der Waals surface area contributed by atoms with Crippen LogP contribution >= 0.6 is 34.8 Å². The molecular weight excluding hydrogens is 1340 g/mol. The molecule has 0 atom stereocenters. The second kappa shape index (κ2) is 32.8. The maximum Gasteiger partial charge on any atom is 0.232 e. The molecule has 97 heavy (non-hydrogen) atoms. The van der Waals surface area contributed by atoms with Gasteiger partial charge in [0.15, 0.2) is 11.6 Å². The Labute approximate surface area is 582 Å². The van der Waals surface area contributed by atoms with E-state index in [1.165, 1.54) is 80.4 Å². The minimum atomic E-state index is -3.63. The highest BCUT2D eigenvalue weighted by atomic mass is 35.5. The molecule has 0 saturated carbocycles. The van der Waals surface area contributed by atoms with Crippen molar-refractivity contribution in [3.63, 3.8) is 0 Å². The average Bonchev–Trinajstić information content (AvgIpc) is 0.790. The fourth-order valence-electron chi connectivity index (χ4n) is 12.6. The first-order valence-electron chi connectivity index (χ1n) is 32.3. The quantitative estimate of drug-likeness (QED) is 0.0407. The molecule has 0 bridgehead atoms. The summed E-state index contributed by atoms with van der Waals surface area (Å²) in [5.41, 5.74) is 16.1. The number of morpholine rings is 2. The third-order valence-electron chi connectivity index (χ3n) is 17.7. The summed E-state index contributed by atoms with van der Waals surface area (Å²) < 4.78 is 74.0. The fourth-order valence-corrected chi connectivity index (χ4v) is 14.0. The van der Waals surface area contributed by atoms with Crippen molar-refractivity contribution in [2.24, 2.45) is 0 Å². The molecule has 4 fully saturated rings. The molecule has 5 N–H and O–H groups in total. The smallest absolute Gasteiger partial charge is 0.232 e. The number of anilines is 11. The Kier molecular flexibility index (Phi) is 24.4. The monoisotopic (exact) mass is 1430 g/mol. The molecule has 12 rings (SSSR count). The Morgan fingerprint density at radius 1 is 0.557 bits per heavy atom. The summed E-state index contributed by atoms with van der Waals surface area (Å²) >= 11 is 18.4. The van der Waals surface area contributed by atoms with Crippen molar-refractivity contribution in [1.82, 2.24) is 49.7 Å². The van der Waals surface area contributed by atoms with Crippen LogP contribution in [0.3, 0.4) is 0 Å². The van der Waals surface area contributed by atoms with Crippen LogP contribution in [0.4, 0.5) is 63.1 Å². The Morgan fingerprint density at radius 3 is 1.44 bits per heavy atom. The molecule has 0 aliphatic carbocycles. The summed E-state index contributed by atoms with van der Waals surface area (Å²) in [4.78, 5) is 44.3. The number of aromatic nitrogens is 8. The van der Waals surface area contributed by atoms with Gasteiger partial charge in [-0.2, -0.15) is 9.97 Å². The normalized spacial score (nSPS) is 16.0. The maximum atomic E-state index is 12.6. The Balaban J connectivity index is 0.000000175. The number of hydrogen-bond acceptors (Lipinski definition) is 24. The van der Waals surface area contributed by atoms with E-state index in [0.717, 1.165) is 156 Å². The standard InChI is InChI=1S/C33H42ClN9O4S.C19H31N3O2.C14H12Cl2N6O2S/c1-5-6-22-19-27(29(46-3)20-28(22)43-13-9-23(10-14-43)42-15-17-47-18-16-42)39-33-37-21-24(34)32(40-33)38-26-8-7-25-30(36-12-11-35-25)31(26)41(2)48(4,44)45;1-3-4-15-13-17(20)19(23-2)14-18(15)22-7-5-16(6-8-22)21-9-11-24-12-10-21;1-22(25(2,23)24)12-10(4-3-9-11(12)18-6-5-17-9)20-13-8(15)7-19-14(16)21-13/h7-8,11-12,19-21,23H,5-6,9-10,13-18H2,1-4H3,(H2,37,38,39,40);13-14,16H,3-12,20H2,1-2H3;3-7H,1-2H3,(H,19,20,21). The minimum Gasteiger partial charge on any atom is -0.495 e. The highest BCUT2D eigenvalue weighted by molar-refractivity contribution is 7.92. The molecule has 0 unspecified atom stereocenters. The SMILES string of the molecule is CCCc1cc(N)c(OC)cc1N1CCC(N2CCOCC2)CC1.CCCc1cc(Nc2ncc(Cl)c(Nc3ccc4nccnc4c3N(C)S(C)(=O)=O)n2)c(OC)cc1N1CCC(N2CCOCC2)CC1.CN(c1c(Nc2nc(Cl)ncc2Cl)ccc2nccnc12)S(C)(=O)=O. The third kappa shape index (κ3) is 17.8. The lowest BCUT2D eigenvalue weighted by Gasteiger charge is -2.41. The number of fused-ring (bicyclic) bond motifs is 2. The topological polar surface area (TPSA) is 290 Å². The third-order valence-corrected chi connectivity index (χ3v) is 20.8. The lowest BCUT2D eigenvalue weighted by Crippen LogP contribution is -2.49. The number of methoxy groups -OCH3 is 2. The molecule has 4 aliphatic rings. The number of ether oxygens (including phenoxy) is 4. The second-order valence-corrected chi connectivity index (χ2v) is 29.2. The van der Waals surface area contributed by atoms with Gasteiger partial charge >= 0.3 is 0 Å². The number of benzene rings is 4. The van der Waals surface area contributed by atoms with Gasteiger partial charge in [-0.05, 0) is 97.7 Å². The Morgan fingerprint density at radius 2 is 0.990 bits per heavy atom. The van der Waals surface area contributed by atoms with Gasteiger partial charge < -0.3 is 50.4 Å². The number of rotatable bonds is 20. The lowest BCUT2D eigenvalue weighted by atomic mass is 9.99. The first-order chi connectivity index (χ1) is 46.6. The lowest BCUT2D eigenvalue weighted by molar-refractivity contribution is 0.0115. The van der Waals surface area contributed by atoms with E-state index in [1.807, 2.05) is 0 Å². The van der Waals surface area contributed by atoms with E-state index in [2.05, 4.69) is 114 Å². The van der Waals surface area contributed by atoms with Gasteiger partial charge in [-0.15, -0.1) is 0 Å². The molecular formula is C66H85Cl3N18O8S2. The molecule has 8 heterocycles. The zero-order valence-electron chi connectivity index (χ0n) is 55.9. The maximum absolute atomic E-state index is 12.6. The predicted molar refractivity (Wildman–Crippen MR) is 388 cm³/mol. The number of hydrogen-bond donors (Lipinski definition) is 4. The summed E-state index contributed by atoms with van der Waals surface area (Å²) in [6.07, 6.45) is 19.9. The summed E-state index contributed by atoms with van der Waals surface area (Å²) in [7, 11) is -0.931. The molecule has 26 nitrogen and oxygen atoms in total. The molecule has 0 amide bonds. The van der Waals surface area contributed by atoms with Crippen molar-refractivity contribution in [1.29, 1.82) is 0 Å². The first-order valence-corrected chi connectivity index (χ1v) is 37.2. The number of nitrogens with two attached hydrogens (primary N) is 1. The van der Waals surface area contributed by atoms with Gasteiger partial charge in [0.05, 0.1) is 99.3 Å². The van der Waals surface area contributed by atoms with E-state index < -0.39 is 20.0 Å². The van der Waals surface area contributed by atoms with E-state index in [4.69, 9.17) is 59.5 Å². The van der Waals surface area contributed by atoms with Crippen LogP contribution in [0.5, 0.6) is 11.5 Å². The van der Waals surface area contributed by atoms with Gasteiger partial charge in [0.2, 0.25) is 31.3 Å². The van der Waals surface area contributed by atoms with Crippen LogP contribution in [0.25, 0.3) is 22.1 Å². The Hall–Kier alpha value is -7.67.